The number of nitrogens with two attached hydrogens (primary N) is 4. The van der Waals surface area contributed by atoms with E-state index in [0.29, 0.717) is 0 Å². The zero-order chi connectivity index (χ0) is 29.5. The van der Waals surface area contributed by atoms with Crippen LogP contribution >= 0.6 is 0 Å². The highest BCUT2D eigenvalue weighted by Gasteiger charge is 2.21. The standard InChI is InChI=1S/4C5H6N2.2BF4/c4*6-5-1-3-7-4-2-5;2*2-1(3,4)5/h4*1-4H,(H2,6,7);;/q;;;;2*-1/p+2. The molecule has 4 rings (SSSR count). The zero-order valence-electron chi connectivity index (χ0n) is 19.6. The van der Waals surface area contributed by atoms with Crippen molar-refractivity contribution in [3.63, 3.8) is 0 Å². The second-order valence-electron chi connectivity index (χ2n) is 6.22. The maximum absolute atomic E-state index is 9.75. The minimum absolute atomic E-state index is 0.759. The van der Waals surface area contributed by atoms with Gasteiger partial charge in [-0.3, -0.25) is 9.97 Å². The van der Waals surface area contributed by atoms with E-state index in [-0.39, 0.29) is 0 Å². The number of rotatable bonds is 0. The Morgan fingerprint density at radius 1 is 0.421 bits per heavy atom. The van der Waals surface area contributed by atoms with Crippen LogP contribution in [0, 0.1) is 0 Å². The first kappa shape index (κ1) is 35.5. The van der Waals surface area contributed by atoms with Crippen LogP contribution < -0.4 is 32.9 Å². The van der Waals surface area contributed by atoms with Crippen LogP contribution in [0.3, 0.4) is 0 Å². The second-order valence-corrected chi connectivity index (χ2v) is 6.22. The first-order valence-corrected chi connectivity index (χ1v) is 10.1. The molecule has 0 amide bonds. The van der Waals surface area contributed by atoms with E-state index in [1.54, 1.807) is 98.1 Å². The van der Waals surface area contributed by atoms with E-state index in [0.717, 1.165) is 22.7 Å². The summed E-state index contributed by atoms with van der Waals surface area (Å²) in [6.07, 6.45) is 13.8. The van der Waals surface area contributed by atoms with Crippen LogP contribution in [-0.2, 0) is 0 Å². The van der Waals surface area contributed by atoms with Crippen molar-refractivity contribution in [1.29, 1.82) is 0 Å². The van der Waals surface area contributed by atoms with Crippen molar-refractivity contribution in [2.75, 3.05) is 22.9 Å². The van der Waals surface area contributed by atoms with E-state index in [9.17, 15) is 34.5 Å². The summed E-state index contributed by atoms with van der Waals surface area (Å²) >= 11 is 0. The number of hydrogen-bond acceptors (Lipinski definition) is 6. The number of nitrogens with one attached hydrogen (secondary N) is 2. The van der Waals surface area contributed by atoms with Crippen molar-refractivity contribution in [3.8, 4) is 0 Å². The molecule has 38 heavy (non-hydrogen) atoms. The predicted molar refractivity (Wildman–Crippen MR) is 132 cm³/mol. The van der Waals surface area contributed by atoms with Crippen molar-refractivity contribution < 1.29 is 44.5 Å². The monoisotopic (exact) mass is 552 g/mol. The molecule has 0 aliphatic rings. The Balaban J connectivity index is 0. The normalized spacial score (nSPS) is 9.47. The smallest absolute Gasteiger partial charge is 0.418 e. The highest BCUT2D eigenvalue weighted by molar-refractivity contribution is 6.50. The van der Waals surface area contributed by atoms with Crippen LogP contribution in [0.4, 0.5) is 57.3 Å². The van der Waals surface area contributed by atoms with Crippen LogP contribution in [0.15, 0.2) is 98.1 Å². The molecule has 10 N–H and O–H groups in total. The second kappa shape index (κ2) is 20.6. The zero-order valence-corrected chi connectivity index (χ0v) is 19.6. The SMILES string of the molecule is F[B-](F)(F)F.F[B-](F)(F)F.Nc1cc[nH+]cc1.Nc1cc[nH+]cc1.Nc1ccncc1.Nc1ccncc1. The van der Waals surface area contributed by atoms with Gasteiger partial charge in [0, 0.05) is 71.8 Å². The number of H-pyrrole nitrogens is 2. The fraction of sp³-hybridized carbons (Fsp3) is 0. The van der Waals surface area contributed by atoms with Gasteiger partial charge in [-0.25, -0.2) is 9.97 Å². The summed E-state index contributed by atoms with van der Waals surface area (Å²) in [5.41, 5.74) is 24.4. The van der Waals surface area contributed by atoms with Crippen molar-refractivity contribution in [2.45, 2.75) is 0 Å². The number of anilines is 4. The first-order valence-electron chi connectivity index (χ1n) is 10.1. The molecule has 0 bridgehead atoms. The molecule has 8 nitrogen and oxygen atoms in total. The summed E-state index contributed by atoms with van der Waals surface area (Å²) in [6.45, 7) is 0. The Morgan fingerprint density at radius 2 is 0.605 bits per heavy atom. The molecule has 0 aliphatic carbocycles. The van der Waals surface area contributed by atoms with Gasteiger partial charge in [0.05, 0.1) is 0 Å². The number of aromatic amines is 2. The molecule has 0 saturated carbocycles. The number of hydrogen-bond donors (Lipinski definition) is 4. The number of nitrogens with zero attached hydrogens (tertiary/aromatic N) is 2. The minimum atomic E-state index is -6.00. The molecule has 0 radical (unpaired) electrons. The van der Waals surface area contributed by atoms with E-state index in [1.807, 2.05) is 0 Å². The van der Waals surface area contributed by atoms with E-state index in [2.05, 4.69) is 19.9 Å². The summed E-state index contributed by atoms with van der Waals surface area (Å²) in [4.78, 5) is 13.2. The Kier molecular flexibility index (Phi) is 19.2. The van der Waals surface area contributed by atoms with Crippen LogP contribution in [0.5, 0.6) is 0 Å². The molecule has 18 heteroatoms. The molecule has 0 spiro atoms. The number of pyridine rings is 4. The van der Waals surface area contributed by atoms with Gasteiger partial charge in [0.2, 0.25) is 0 Å². The van der Waals surface area contributed by atoms with Gasteiger partial charge >= 0.3 is 14.5 Å². The number of aromatic nitrogens is 4. The summed E-state index contributed by atoms with van der Waals surface area (Å²) in [7, 11) is -12.0. The summed E-state index contributed by atoms with van der Waals surface area (Å²) in [6, 6.07) is 14.2. The lowest BCUT2D eigenvalue weighted by atomic mass is 10.3. The lowest BCUT2D eigenvalue weighted by molar-refractivity contribution is -0.378. The predicted octanol–water partition coefficient (Wildman–Crippen LogP) is 4.09. The molecule has 4 aromatic rings. The van der Waals surface area contributed by atoms with Crippen molar-refractivity contribution in [1.82, 2.24) is 9.97 Å². The average Bonchev–Trinajstić information content (AvgIpc) is 2.80. The quantitative estimate of drug-likeness (QED) is 0.190. The van der Waals surface area contributed by atoms with Crippen molar-refractivity contribution >= 4 is 37.3 Å². The molecule has 0 atom stereocenters. The largest absolute Gasteiger partial charge is 0.673 e. The van der Waals surface area contributed by atoms with Gasteiger partial charge in [0.25, 0.3) is 0 Å². The van der Waals surface area contributed by atoms with Gasteiger partial charge in [0.15, 0.2) is 24.8 Å². The fourth-order valence-corrected chi connectivity index (χ4v) is 1.53. The van der Waals surface area contributed by atoms with Gasteiger partial charge in [-0.1, -0.05) is 0 Å². The van der Waals surface area contributed by atoms with E-state index >= 15 is 0 Å². The molecule has 0 aromatic carbocycles. The Bertz CT molecular complexity index is 877. The van der Waals surface area contributed by atoms with Gasteiger partial charge in [-0.05, 0) is 24.3 Å². The van der Waals surface area contributed by atoms with E-state index < -0.39 is 14.5 Å². The third-order valence-electron chi connectivity index (χ3n) is 2.90. The fourth-order valence-electron chi connectivity index (χ4n) is 1.53. The van der Waals surface area contributed by atoms with Crippen LogP contribution in [0.1, 0.15) is 0 Å². The first-order chi connectivity index (χ1) is 17.6. The minimum Gasteiger partial charge on any atom is -0.418 e. The highest BCUT2D eigenvalue weighted by Crippen LogP contribution is 2.07. The molecule has 0 fully saturated rings. The molecule has 4 aromatic heterocycles. The summed E-state index contributed by atoms with van der Waals surface area (Å²) in [5.74, 6) is 0. The van der Waals surface area contributed by atoms with Gasteiger partial charge in [0.1, 0.15) is 0 Å². The summed E-state index contributed by atoms with van der Waals surface area (Å²) in [5, 5.41) is 0. The number of nitrogen functional groups attached to an aromatic ring is 4. The highest BCUT2D eigenvalue weighted by atomic mass is 19.5. The average molecular weight is 552 g/mol. The molecule has 208 valence electrons. The molecule has 0 aliphatic heterocycles. The lowest BCUT2D eigenvalue weighted by Gasteiger charge is -1.94. The molecular weight excluding hydrogens is 526 g/mol. The third kappa shape index (κ3) is 38.6. The van der Waals surface area contributed by atoms with Gasteiger partial charge < -0.3 is 57.5 Å². The maximum atomic E-state index is 9.75. The molecule has 0 unspecified atom stereocenters. The van der Waals surface area contributed by atoms with Gasteiger partial charge in [-0.2, -0.15) is 0 Å². The van der Waals surface area contributed by atoms with Crippen molar-refractivity contribution in [2.24, 2.45) is 0 Å². The summed E-state index contributed by atoms with van der Waals surface area (Å²) < 4.78 is 78.0. The maximum Gasteiger partial charge on any atom is 0.673 e. The van der Waals surface area contributed by atoms with Crippen LogP contribution in [0.2, 0.25) is 0 Å². The van der Waals surface area contributed by atoms with Crippen molar-refractivity contribution in [3.05, 3.63) is 98.1 Å². The molecular formula is C20H26B2F8N8. The van der Waals surface area contributed by atoms with Gasteiger partial charge in [-0.15, -0.1) is 0 Å². The molecule has 0 saturated heterocycles. The Labute approximate surface area is 213 Å². The number of halogens is 8. The Morgan fingerprint density at radius 3 is 0.711 bits per heavy atom. The topological polar surface area (TPSA) is 158 Å². The van der Waals surface area contributed by atoms with E-state index in [4.69, 9.17) is 22.9 Å². The van der Waals surface area contributed by atoms with Crippen LogP contribution in [0.25, 0.3) is 0 Å². The van der Waals surface area contributed by atoms with E-state index in [1.165, 1.54) is 0 Å². The third-order valence-corrected chi connectivity index (χ3v) is 2.90. The Hall–Kier alpha value is -4.63. The lowest BCUT2D eigenvalue weighted by Crippen LogP contribution is -2.02. The molecule has 4 heterocycles. The van der Waals surface area contributed by atoms with Crippen LogP contribution in [-0.4, -0.2) is 24.5 Å².